The van der Waals surface area contributed by atoms with Crippen molar-refractivity contribution in [1.82, 2.24) is 4.90 Å². The normalized spacial score (nSPS) is 27.8. The second-order valence-electron chi connectivity index (χ2n) is 7.10. The summed E-state index contributed by atoms with van der Waals surface area (Å²) < 4.78 is 0. The number of nitrogens with zero attached hydrogens (tertiary/aromatic N) is 1. The van der Waals surface area contributed by atoms with Gasteiger partial charge in [0, 0.05) is 25.0 Å². The summed E-state index contributed by atoms with van der Waals surface area (Å²) in [4.78, 5) is 14.7. The number of rotatable bonds is 5. The Morgan fingerprint density at radius 3 is 2.62 bits per heavy atom. The first-order chi connectivity index (χ1) is 11.1. The fraction of sp³-hybridized carbons (Fsp3) is 0.632. The van der Waals surface area contributed by atoms with Crippen LogP contribution in [0, 0.1) is 5.92 Å². The smallest absolute Gasteiger partial charge is 0.223 e. The van der Waals surface area contributed by atoms with Gasteiger partial charge in [-0.2, -0.15) is 0 Å². The zero-order chi connectivity index (χ0) is 16.2. The highest BCUT2D eigenvalue weighted by atomic mass is 35.5. The SMILES string of the molecule is Cl.N[C@@H]1CCC[C@H]1CC(=O)N1CCCC1CC(O)c1ccccc1. The molecule has 2 unspecified atom stereocenters. The van der Waals surface area contributed by atoms with Gasteiger partial charge < -0.3 is 15.7 Å². The van der Waals surface area contributed by atoms with Crippen molar-refractivity contribution in [1.29, 1.82) is 0 Å². The molecule has 0 bridgehead atoms. The molecule has 1 aliphatic heterocycles. The number of benzene rings is 1. The molecule has 3 rings (SSSR count). The van der Waals surface area contributed by atoms with Crippen LogP contribution in [0.15, 0.2) is 30.3 Å². The highest BCUT2D eigenvalue weighted by Gasteiger charge is 2.33. The van der Waals surface area contributed by atoms with Crippen LogP contribution in [0.5, 0.6) is 0 Å². The van der Waals surface area contributed by atoms with E-state index in [-0.39, 0.29) is 30.4 Å². The number of carbonyl (C=O) groups excluding carboxylic acids is 1. The zero-order valence-electron chi connectivity index (χ0n) is 14.1. The van der Waals surface area contributed by atoms with E-state index >= 15 is 0 Å². The minimum Gasteiger partial charge on any atom is -0.388 e. The predicted octanol–water partition coefficient (Wildman–Crippen LogP) is 3.04. The molecule has 1 heterocycles. The fourth-order valence-corrected chi connectivity index (χ4v) is 4.14. The number of nitrogens with two attached hydrogens (primary N) is 1. The first kappa shape index (κ1) is 19.2. The highest BCUT2D eigenvalue weighted by molar-refractivity contribution is 5.85. The van der Waals surface area contributed by atoms with Gasteiger partial charge in [-0.05, 0) is 43.6 Å². The second kappa shape index (κ2) is 8.84. The van der Waals surface area contributed by atoms with E-state index in [9.17, 15) is 9.90 Å². The van der Waals surface area contributed by atoms with Gasteiger partial charge in [0.1, 0.15) is 0 Å². The van der Waals surface area contributed by atoms with E-state index in [1.54, 1.807) is 0 Å². The van der Waals surface area contributed by atoms with Crippen molar-refractivity contribution in [2.24, 2.45) is 11.7 Å². The van der Waals surface area contributed by atoms with Crippen molar-refractivity contribution in [3.05, 3.63) is 35.9 Å². The van der Waals surface area contributed by atoms with Crippen LogP contribution in [0.2, 0.25) is 0 Å². The van der Waals surface area contributed by atoms with Gasteiger partial charge in [-0.1, -0.05) is 36.8 Å². The lowest BCUT2D eigenvalue weighted by molar-refractivity contribution is -0.133. The van der Waals surface area contributed by atoms with Gasteiger partial charge in [-0.25, -0.2) is 0 Å². The summed E-state index contributed by atoms with van der Waals surface area (Å²) >= 11 is 0. The molecule has 2 aliphatic rings. The standard InChI is InChI=1S/C19H28N2O2.ClH/c20-17-10-4-8-15(17)12-19(23)21-11-5-9-16(21)13-18(22)14-6-2-1-3-7-14;/h1-3,6-7,15-18,22H,4-5,8-13,20H2;1H/t15-,16?,17+,18?;/m0./s1. The number of hydrogen-bond donors (Lipinski definition) is 2. The molecule has 3 N–H and O–H groups in total. The van der Waals surface area contributed by atoms with Gasteiger partial charge in [-0.3, -0.25) is 4.79 Å². The summed E-state index contributed by atoms with van der Waals surface area (Å²) in [6.07, 6.45) is 6.02. The van der Waals surface area contributed by atoms with E-state index < -0.39 is 6.10 Å². The van der Waals surface area contributed by atoms with Crippen LogP contribution >= 0.6 is 12.4 Å². The molecule has 1 saturated carbocycles. The number of aliphatic hydroxyl groups is 1. The molecule has 4 atom stereocenters. The average Bonchev–Trinajstić information content (AvgIpc) is 3.18. The maximum absolute atomic E-state index is 12.7. The summed E-state index contributed by atoms with van der Waals surface area (Å²) in [7, 11) is 0. The Balaban J connectivity index is 0.00000208. The molecule has 24 heavy (non-hydrogen) atoms. The molecule has 1 aliphatic carbocycles. The third-order valence-corrected chi connectivity index (χ3v) is 5.53. The van der Waals surface area contributed by atoms with Crippen LogP contribution < -0.4 is 5.73 Å². The molecule has 1 saturated heterocycles. The number of amides is 1. The molecule has 2 fully saturated rings. The average molecular weight is 353 g/mol. The maximum Gasteiger partial charge on any atom is 0.223 e. The van der Waals surface area contributed by atoms with Gasteiger partial charge in [0.25, 0.3) is 0 Å². The minimum atomic E-state index is -0.497. The third-order valence-electron chi connectivity index (χ3n) is 5.53. The van der Waals surface area contributed by atoms with E-state index in [2.05, 4.69) is 0 Å². The summed E-state index contributed by atoms with van der Waals surface area (Å²) in [5.74, 6) is 0.581. The zero-order valence-corrected chi connectivity index (χ0v) is 15.0. The van der Waals surface area contributed by atoms with E-state index in [4.69, 9.17) is 5.73 Å². The van der Waals surface area contributed by atoms with Crippen LogP contribution in [-0.2, 0) is 4.79 Å². The number of aliphatic hydroxyl groups excluding tert-OH is 1. The summed E-state index contributed by atoms with van der Waals surface area (Å²) in [6, 6.07) is 10.1. The monoisotopic (exact) mass is 352 g/mol. The summed E-state index contributed by atoms with van der Waals surface area (Å²) in [6.45, 7) is 0.826. The van der Waals surface area contributed by atoms with E-state index in [0.717, 1.165) is 44.2 Å². The quantitative estimate of drug-likeness (QED) is 0.855. The Morgan fingerprint density at radius 1 is 1.21 bits per heavy atom. The van der Waals surface area contributed by atoms with Crippen LogP contribution in [0.1, 0.15) is 56.6 Å². The molecule has 0 aromatic heterocycles. The van der Waals surface area contributed by atoms with E-state index in [1.165, 1.54) is 0 Å². The van der Waals surface area contributed by atoms with Gasteiger partial charge in [0.2, 0.25) is 5.91 Å². The molecule has 1 aromatic rings. The fourth-order valence-electron chi connectivity index (χ4n) is 4.14. The number of hydrogen-bond acceptors (Lipinski definition) is 3. The number of likely N-dealkylation sites (tertiary alicyclic amines) is 1. The van der Waals surface area contributed by atoms with Crippen LogP contribution in [0.3, 0.4) is 0 Å². The Kier molecular flexibility index (Phi) is 7.08. The van der Waals surface area contributed by atoms with Crippen LogP contribution in [0.4, 0.5) is 0 Å². The largest absolute Gasteiger partial charge is 0.388 e. The summed E-state index contributed by atoms with van der Waals surface area (Å²) in [5, 5.41) is 10.4. The first-order valence-electron chi connectivity index (χ1n) is 8.93. The van der Waals surface area contributed by atoms with Gasteiger partial charge in [-0.15, -0.1) is 12.4 Å². The molecular weight excluding hydrogens is 324 g/mol. The van der Waals surface area contributed by atoms with Crippen molar-refractivity contribution in [2.75, 3.05) is 6.54 Å². The van der Waals surface area contributed by atoms with Crippen molar-refractivity contribution in [3.8, 4) is 0 Å². The number of halogens is 1. The van der Waals surface area contributed by atoms with Crippen molar-refractivity contribution >= 4 is 18.3 Å². The van der Waals surface area contributed by atoms with Crippen molar-refractivity contribution in [3.63, 3.8) is 0 Å². The van der Waals surface area contributed by atoms with Gasteiger partial charge in [0.05, 0.1) is 6.10 Å². The summed E-state index contributed by atoms with van der Waals surface area (Å²) in [5.41, 5.74) is 7.04. The van der Waals surface area contributed by atoms with Crippen molar-refractivity contribution in [2.45, 2.75) is 63.1 Å². The lowest BCUT2D eigenvalue weighted by Gasteiger charge is -2.28. The van der Waals surface area contributed by atoms with E-state index in [0.29, 0.717) is 18.8 Å². The Morgan fingerprint density at radius 2 is 1.96 bits per heavy atom. The molecule has 134 valence electrons. The highest BCUT2D eigenvalue weighted by Crippen LogP contribution is 2.31. The topological polar surface area (TPSA) is 66.6 Å². The third kappa shape index (κ3) is 4.50. The lowest BCUT2D eigenvalue weighted by Crippen LogP contribution is -2.39. The number of carbonyl (C=O) groups is 1. The maximum atomic E-state index is 12.7. The Hall–Kier alpha value is -1.10. The minimum absolute atomic E-state index is 0. The molecule has 1 amide bonds. The Bertz CT molecular complexity index is 525. The molecule has 5 heteroatoms. The molecule has 0 radical (unpaired) electrons. The molecule has 1 aromatic carbocycles. The lowest BCUT2D eigenvalue weighted by atomic mass is 9.97. The van der Waals surface area contributed by atoms with Gasteiger partial charge >= 0.3 is 0 Å². The first-order valence-corrected chi connectivity index (χ1v) is 8.93. The second-order valence-corrected chi connectivity index (χ2v) is 7.10. The molecule has 4 nitrogen and oxygen atoms in total. The Labute approximate surface area is 150 Å². The van der Waals surface area contributed by atoms with Crippen LogP contribution in [-0.4, -0.2) is 34.5 Å². The molecule has 0 spiro atoms. The van der Waals surface area contributed by atoms with Crippen molar-refractivity contribution < 1.29 is 9.90 Å². The van der Waals surface area contributed by atoms with Gasteiger partial charge in [0.15, 0.2) is 0 Å². The van der Waals surface area contributed by atoms with E-state index in [1.807, 2.05) is 35.2 Å². The molecular formula is C19H29ClN2O2. The van der Waals surface area contributed by atoms with Crippen LogP contribution in [0.25, 0.3) is 0 Å². The predicted molar refractivity (Wildman–Crippen MR) is 97.9 cm³/mol.